The van der Waals surface area contributed by atoms with Gasteiger partial charge in [0.15, 0.2) is 11.6 Å². The van der Waals surface area contributed by atoms with Crippen LogP contribution in [0.3, 0.4) is 0 Å². The molecule has 0 aliphatic carbocycles. The molecule has 0 amide bonds. The van der Waals surface area contributed by atoms with Crippen molar-refractivity contribution in [3.8, 4) is 29.0 Å². The van der Waals surface area contributed by atoms with Gasteiger partial charge >= 0.3 is 0 Å². The lowest BCUT2D eigenvalue weighted by atomic mass is 9.92. The SMILES string of the molecule is CC(C)c1cccc(C(C)C)c1-n1cc(Oc2ccccc2)nc1-c1nc2ccccc2[nH]1. The second-order valence-corrected chi connectivity index (χ2v) is 8.88. The summed E-state index contributed by atoms with van der Waals surface area (Å²) in [5.41, 5.74) is 5.57. The van der Waals surface area contributed by atoms with Crippen LogP contribution in [0, 0.1) is 0 Å². The number of nitrogens with one attached hydrogen (secondary N) is 1. The van der Waals surface area contributed by atoms with Crippen LogP contribution in [0.15, 0.2) is 79.0 Å². The number of hydrogen-bond donors (Lipinski definition) is 1. The number of nitrogens with zero attached hydrogens (tertiary/aromatic N) is 3. The molecule has 166 valence electrons. The quantitative estimate of drug-likeness (QED) is 0.301. The Hall–Kier alpha value is -3.86. The molecule has 33 heavy (non-hydrogen) atoms. The molecule has 0 spiro atoms. The molecule has 0 saturated heterocycles. The predicted octanol–water partition coefficient (Wildman–Crippen LogP) is 7.45. The van der Waals surface area contributed by atoms with Gasteiger partial charge < -0.3 is 9.72 Å². The van der Waals surface area contributed by atoms with Crippen molar-refractivity contribution >= 4 is 11.0 Å². The molecule has 3 aromatic carbocycles. The Morgan fingerprint density at radius 3 is 2.09 bits per heavy atom. The molecule has 5 nitrogen and oxygen atoms in total. The average molecular weight is 437 g/mol. The Bertz CT molecular complexity index is 1340. The fraction of sp³-hybridized carbons (Fsp3) is 0.214. The Balaban J connectivity index is 1.74. The smallest absolute Gasteiger partial charge is 0.238 e. The standard InChI is InChI=1S/C28H28N4O/c1-18(2)21-13-10-14-22(19(3)4)26(21)32-17-25(33-20-11-6-5-7-12-20)31-28(32)27-29-23-15-8-9-16-24(23)30-27/h5-19H,1-4H3,(H,29,30). The molecule has 0 unspecified atom stereocenters. The summed E-state index contributed by atoms with van der Waals surface area (Å²) in [7, 11) is 0. The van der Waals surface area contributed by atoms with Crippen LogP contribution < -0.4 is 4.74 Å². The van der Waals surface area contributed by atoms with Gasteiger partial charge in [0.1, 0.15) is 5.75 Å². The van der Waals surface area contributed by atoms with Crippen LogP contribution in [-0.2, 0) is 0 Å². The third-order valence-electron chi connectivity index (χ3n) is 5.83. The zero-order valence-electron chi connectivity index (χ0n) is 19.4. The number of benzene rings is 3. The van der Waals surface area contributed by atoms with Gasteiger partial charge in [-0.15, -0.1) is 0 Å². The van der Waals surface area contributed by atoms with Crippen LogP contribution >= 0.6 is 0 Å². The second-order valence-electron chi connectivity index (χ2n) is 8.88. The minimum atomic E-state index is 0.350. The van der Waals surface area contributed by atoms with Crippen molar-refractivity contribution in [2.45, 2.75) is 39.5 Å². The molecule has 0 radical (unpaired) electrons. The molecule has 0 aliphatic rings. The minimum Gasteiger partial charge on any atom is -0.437 e. The summed E-state index contributed by atoms with van der Waals surface area (Å²) in [4.78, 5) is 13.2. The molecule has 0 atom stereocenters. The Kier molecular flexibility index (Phi) is 5.47. The van der Waals surface area contributed by atoms with E-state index in [1.54, 1.807) is 0 Å². The Labute approximate surface area is 194 Å². The Morgan fingerprint density at radius 1 is 0.758 bits per heavy atom. The molecule has 2 heterocycles. The number of fused-ring (bicyclic) bond motifs is 1. The van der Waals surface area contributed by atoms with E-state index < -0.39 is 0 Å². The highest BCUT2D eigenvalue weighted by atomic mass is 16.5. The number of ether oxygens (including phenoxy) is 1. The molecule has 0 bridgehead atoms. The van der Waals surface area contributed by atoms with Gasteiger partial charge in [-0.05, 0) is 47.2 Å². The maximum Gasteiger partial charge on any atom is 0.238 e. The van der Waals surface area contributed by atoms with Crippen LogP contribution in [0.1, 0.15) is 50.7 Å². The fourth-order valence-corrected chi connectivity index (χ4v) is 4.20. The van der Waals surface area contributed by atoms with Crippen LogP contribution in [0.4, 0.5) is 0 Å². The van der Waals surface area contributed by atoms with Gasteiger partial charge in [0.25, 0.3) is 0 Å². The van der Waals surface area contributed by atoms with Crippen molar-refractivity contribution in [3.63, 3.8) is 0 Å². The van der Waals surface area contributed by atoms with E-state index >= 15 is 0 Å². The molecular formula is C28H28N4O. The van der Waals surface area contributed by atoms with E-state index in [0.717, 1.165) is 28.3 Å². The van der Waals surface area contributed by atoms with Gasteiger partial charge in [-0.3, -0.25) is 4.57 Å². The van der Waals surface area contributed by atoms with E-state index in [2.05, 4.69) is 55.4 Å². The van der Waals surface area contributed by atoms with Crippen molar-refractivity contribution in [1.29, 1.82) is 0 Å². The summed E-state index contributed by atoms with van der Waals surface area (Å²) in [5, 5.41) is 0. The topological polar surface area (TPSA) is 55.7 Å². The monoisotopic (exact) mass is 436 g/mol. The first kappa shape index (κ1) is 21.0. The minimum absolute atomic E-state index is 0.350. The number of para-hydroxylation sites is 4. The summed E-state index contributed by atoms with van der Waals surface area (Å²) in [6, 6.07) is 24.3. The average Bonchev–Trinajstić information content (AvgIpc) is 3.43. The molecule has 0 saturated carbocycles. The predicted molar refractivity (Wildman–Crippen MR) is 133 cm³/mol. The van der Waals surface area contributed by atoms with Crippen molar-refractivity contribution < 1.29 is 4.74 Å². The van der Waals surface area contributed by atoms with Gasteiger partial charge in [-0.1, -0.05) is 76.2 Å². The number of rotatable bonds is 6. The first-order valence-electron chi connectivity index (χ1n) is 11.4. The van der Waals surface area contributed by atoms with Gasteiger partial charge in [0.05, 0.1) is 22.9 Å². The number of H-pyrrole nitrogens is 1. The lowest BCUT2D eigenvalue weighted by molar-refractivity contribution is 0.465. The third kappa shape index (κ3) is 4.02. The second kappa shape index (κ2) is 8.58. The maximum atomic E-state index is 6.14. The highest BCUT2D eigenvalue weighted by Crippen LogP contribution is 2.36. The summed E-state index contributed by atoms with van der Waals surface area (Å²) in [6.07, 6.45) is 1.97. The molecule has 5 aromatic rings. The summed E-state index contributed by atoms with van der Waals surface area (Å²) >= 11 is 0. The maximum absolute atomic E-state index is 6.14. The first-order chi connectivity index (χ1) is 16.0. The third-order valence-corrected chi connectivity index (χ3v) is 5.83. The van der Waals surface area contributed by atoms with E-state index in [1.165, 1.54) is 11.1 Å². The highest BCUT2D eigenvalue weighted by molar-refractivity contribution is 5.78. The molecule has 5 rings (SSSR count). The van der Waals surface area contributed by atoms with Crippen LogP contribution in [0.2, 0.25) is 0 Å². The summed E-state index contributed by atoms with van der Waals surface area (Å²) in [5.74, 6) is 3.43. The normalized spacial score (nSPS) is 11.6. The van der Waals surface area contributed by atoms with Crippen molar-refractivity contribution in [1.82, 2.24) is 19.5 Å². The molecule has 5 heteroatoms. The number of hydrogen-bond acceptors (Lipinski definition) is 3. The van der Waals surface area contributed by atoms with E-state index in [9.17, 15) is 0 Å². The van der Waals surface area contributed by atoms with Gasteiger partial charge in [-0.25, -0.2) is 4.98 Å². The van der Waals surface area contributed by atoms with E-state index in [4.69, 9.17) is 14.7 Å². The molecule has 0 fully saturated rings. The van der Waals surface area contributed by atoms with Crippen molar-refractivity contribution in [2.75, 3.05) is 0 Å². The van der Waals surface area contributed by atoms with Gasteiger partial charge in [0.2, 0.25) is 5.88 Å². The lowest BCUT2D eigenvalue weighted by Crippen LogP contribution is -2.08. The van der Waals surface area contributed by atoms with E-state index in [1.807, 2.05) is 60.8 Å². The van der Waals surface area contributed by atoms with E-state index in [-0.39, 0.29) is 0 Å². The number of imidazole rings is 2. The van der Waals surface area contributed by atoms with E-state index in [0.29, 0.717) is 23.5 Å². The Morgan fingerprint density at radius 2 is 1.42 bits per heavy atom. The largest absolute Gasteiger partial charge is 0.437 e. The van der Waals surface area contributed by atoms with Crippen LogP contribution in [0.5, 0.6) is 11.6 Å². The van der Waals surface area contributed by atoms with Crippen LogP contribution in [-0.4, -0.2) is 19.5 Å². The van der Waals surface area contributed by atoms with Gasteiger partial charge in [0, 0.05) is 0 Å². The lowest BCUT2D eigenvalue weighted by Gasteiger charge is -2.21. The molecule has 2 aromatic heterocycles. The van der Waals surface area contributed by atoms with Crippen LogP contribution in [0.25, 0.3) is 28.4 Å². The number of aromatic nitrogens is 4. The van der Waals surface area contributed by atoms with Gasteiger partial charge in [-0.2, -0.15) is 4.98 Å². The molecular weight excluding hydrogens is 408 g/mol. The molecule has 1 N–H and O–H groups in total. The first-order valence-corrected chi connectivity index (χ1v) is 11.4. The zero-order valence-corrected chi connectivity index (χ0v) is 19.4. The fourth-order valence-electron chi connectivity index (χ4n) is 4.20. The number of aromatic amines is 1. The molecule has 0 aliphatic heterocycles. The highest BCUT2D eigenvalue weighted by Gasteiger charge is 2.22. The van der Waals surface area contributed by atoms with Crippen molar-refractivity contribution in [3.05, 3.63) is 90.1 Å². The van der Waals surface area contributed by atoms with Crippen molar-refractivity contribution in [2.24, 2.45) is 0 Å². The summed E-state index contributed by atoms with van der Waals surface area (Å²) in [6.45, 7) is 8.90. The zero-order chi connectivity index (χ0) is 22.9. The summed E-state index contributed by atoms with van der Waals surface area (Å²) < 4.78 is 8.28.